The molecular weight excluding hydrogens is 184 g/mol. The first kappa shape index (κ1) is 10.7. The summed E-state index contributed by atoms with van der Waals surface area (Å²) in [7, 11) is 0. The molecule has 1 N–H and O–H groups in total. The Morgan fingerprint density at radius 3 is 2.50 bits per heavy atom. The first-order valence-electron chi connectivity index (χ1n) is 4.44. The van der Waals surface area contributed by atoms with E-state index in [1.807, 2.05) is 20.8 Å². The average Bonchev–Trinajstić information content (AvgIpc) is 2.47. The fraction of sp³-hybridized carbons (Fsp3) is 0.667. The lowest BCUT2D eigenvalue weighted by Gasteiger charge is -2.10. The number of nitrogens with zero attached hydrogens (tertiary/aromatic N) is 2. The van der Waals surface area contributed by atoms with Crippen LogP contribution in [-0.2, 0) is 16.6 Å². The van der Waals surface area contributed by atoms with Crippen LogP contribution in [0, 0.1) is 0 Å². The quantitative estimate of drug-likeness (QED) is 0.794. The number of rotatable bonds is 3. The third kappa shape index (κ3) is 2.83. The zero-order chi connectivity index (χ0) is 10.8. The molecule has 1 rings (SSSR count). The van der Waals surface area contributed by atoms with Crippen molar-refractivity contribution in [1.82, 2.24) is 10.2 Å². The fourth-order valence-corrected chi connectivity index (χ4v) is 0.872. The molecule has 5 nitrogen and oxygen atoms in total. The van der Waals surface area contributed by atoms with E-state index in [2.05, 4.69) is 10.2 Å². The number of carboxylic acids is 1. The van der Waals surface area contributed by atoms with E-state index in [0.29, 0.717) is 18.2 Å². The summed E-state index contributed by atoms with van der Waals surface area (Å²) in [5.41, 5.74) is -0.186. The number of aryl methyl sites for hydroxylation is 1. The van der Waals surface area contributed by atoms with Crippen LogP contribution in [0.4, 0.5) is 0 Å². The summed E-state index contributed by atoms with van der Waals surface area (Å²) >= 11 is 0. The van der Waals surface area contributed by atoms with Gasteiger partial charge in [0.2, 0.25) is 11.8 Å². The van der Waals surface area contributed by atoms with Crippen molar-refractivity contribution in [2.45, 2.75) is 39.0 Å². The normalized spacial score (nSPS) is 11.6. The Hall–Kier alpha value is -1.39. The molecule has 78 valence electrons. The molecule has 0 aromatic carbocycles. The molecule has 0 radical (unpaired) electrons. The van der Waals surface area contributed by atoms with Crippen LogP contribution in [0.1, 0.15) is 39.0 Å². The van der Waals surface area contributed by atoms with Crippen molar-refractivity contribution < 1.29 is 14.3 Å². The highest BCUT2D eigenvalue weighted by Gasteiger charge is 2.21. The molecule has 0 fully saturated rings. The van der Waals surface area contributed by atoms with Gasteiger partial charge in [0.25, 0.3) is 0 Å². The molecule has 0 unspecified atom stereocenters. The summed E-state index contributed by atoms with van der Waals surface area (Å²) in [4.78, 5) is 10.3. The monoisotopic (exact) mass is 198 g/mol. The number of aliphatic carboxylic acids is 1. The number of hydrogen-bond donors (Lipinski definition) is 1. The molecule has 0 saturated carbocycles. The molecule has 0 amide bonds. The first-order chi connectivity index (χ1) is 6.39. The lowest BCUT2D eigenvalue weighted by Crippen LogP contribution is -2.11. The first-order valence-corrected chi connectivity index (χ1v) is 4.44. The highest BCUT2D eigenvalue weighted by Crippen LogP contribution is 2.20. The smallest absolute Gasteiger partial charge is 0.303 e. The summed E-state index contributed by atoms with van der Waals surface area (Å²) in [5.74, 6) is 0.0655. The van der Waals surface area contributed by atoms with Crippen LogP contribution < -0.4 is 0 Å². The molecule has 5 heteroatoms. The molecule has 0 aliphatic heterocycles. The minimum atomic E-state index is -0.861. The summed E-state index contributed by atoms with van der Waals surface area (Å²) in [6.45, 7) is 5.88. The third-order valence-electron chi connectivity index (χ3n) is 1.66. The van der Waals surface area contributed by atoms with Crippen LogP contribution in [0.25, 0.3) is 0 Å². The van der Waals surface area contributed by atoms with E-state index in [4.69, 9.17) is 9.52 Å². The lowest BCUT2D eigenvalue weighted by atomic mass is 9.97. The van der Waals surface area contributed by atoms with Gasteiger partial charge in [-0.1, -0.05) is 20.8 Å². The minimum absolute atomic E-state index is 0.0196. The van der Waals surface area contributed by atoms with Gasteiger partial charge in [0.15, 0.2) is 0 Å². The van der Waals surface area contributed by atoms with Gasteiger partial charge >= 0.3 is 5.97 Å². The number of carboxylic acid groups (broad SMARTS) is 1. The van der Waals surface area contributed by atoms with Gasteiger partial charge in [-0.05, 0) is 0 Å². The van der Waals surface area contributed by atoms with Gasteiger partial charge in [0, 0.05) is 11.8 Å². The fourth-order valence-electron chi connectivity index (χ4n) is 0.872. The molecule has 1 aromatic heterocycles. The highest BCUT2D eigenvalue weighted by atomic mass is 16.4. The van der Waals surface area contributed by atoms with E-state index in [-0.39, 0.29) is 11.8 Å². The Kier molecular flexibility index (Phi) is 2.88. The molecule has 0 saturated heterocycles. The molecular formula is C9H14N2O3. The summed E-state index contributed by atoms with van der Waals surface area (Å²) < 4.78 is 5.31. The molecule has 0 aliphatic carbocycles. The van der Waals surface area contributed by atoms with Crippen LogP contribution in [0.5, 0.6) is 0 Å². The van der Waals surface area contributed by atoms with Crippen molar-refractivity contribution in [3.63, 3.8) is 0 Å². The van der Waals surface area contributed by atoms with Crippen LogP contribution >= 0.6 is 0 Å². The SMILES string of the molecule is CC(C)(C)c1nnc(CCC(=O)O)o1. The Morgan fingerprint density at radius 2 is 2.07 bits per heavy atom. The Bertz CT molecular complexity index is 325. The minimum Gasteiger partial charge on any atom is -0.481 e. The van der Waals surface area contributed by atoms with Gasteiger partial charge < -0.3 is 9.52 Å². The van der Waals surface area contributed by atoms with Crippen LogP contribution in [0.2, 0.25) is 0 Å². The largest absolute Gasteiger partial charge is 0.481 e. The Balaban J connectivity index is 2.64. The van der Waals surface area contributed by atoms with Gasteiger partial charge in [-0.2, -0.15) is 0 Å². The maximum atomic E-state index is 10.3. The zero-order valence-electron chi connectivity index (χ0n) is 8.57. The van der Waals surface area contributed by atoms with Crippen molar-refractivity contribution in [2.75, 3.05) is 0 Å². The van der Waals surface area contributed by atoms with Crippen LogP contribution in [-0.4, -0.2) is 21.3 Å². The van der Waals surface area contributed by atoms with E-state index in [1.54, 1.807) is 0 Å². The predicted octanol–water partition coefficient (Wildman–Crippen LogP) is 1.38. The van der Waals surface area contributed by atoms with Crippen LogP contribution in [0.3, 0.4) is 0 Å². The van der Waals surface area contributed by atoms with Crippen molar-refractivity contribution in [3.05, 3.63) is 11.8 Å². The maximum absolute atomic E-state index is 10.3. The van der Waals surface area contributed by atoms with Gasteiger partial charge in [0.05, 0.1) is 6.42 Å². The summed E-state index contributed by atoms with van der Waals surface area (Å²) in [6, 6.07) is 0. The molecule has 0 bridgehead atoms. The van der Waals surface area contributed by atoms with E-state index in [1.165, 1.54) is 0 Å². The molecule has 0 spiro atoms. The topological polar surface area (TPSA) is 76.2 Å². The lowest BCUT2D eigenvalue weighted by molar-refractivity contribution is -0.137. The summed E-state index contributed by atoms with van der Waals surface area (Å²) in [5, 5.41) is 16.1. The molecule has 1 heterocycles. The number of aromatic nitrogens is 2. The molecule has 14 heavy (non-hydrogen) atoms. The predicted molar refractivity (Wildman–Crippen MR) is 49.0 cm³/mol. The van der Waals surface area contributed by atoms with Crippen molar-refractivity contribution in [1.29, 1.82) is 0 Å². The van der Waals surface area contributed by atoms with Gasteiger partial charge in [-0.3, -0.25) is 4.79 Å². The van der Waals surface area contributed by atoms with E-state index >= 15 is 0 Å². The molecule has 0 atom stereocenters. The van der Waals surface area contributed by atoms with E-state index < -0.39 is 5.97 Å². The highest BCUT2D eigenvalue weighted by molar-refractivity contribution is 5.66. The van der Waals surface area contributed by atoms with Crippen molar-refractivity contribution >= 4 is 5.97 Å². The maximum Gasteiger partial charge on any atom is 0.303 e. The zero-order valence-corrected chi connectivity index (χ0v) is 8.57. The van der Waals surface area contributed by atoms with Crippen LogP contribution in [0.15, 0.2) is 4.42 Å². The second-order valence-corrected chi connectivity index (χ2v) is 4.14. The van der Waals surface area contributed by atoms with E-state index in [0.717, 1.165) is 0 Å². The van der Waals surface area contributed by atoms with E-state index in [9.17, 15) is 4.79 Å². The van der Waals surface area contributed by atoms with Crippen molar-refractivity contribution in [2.24, 2.45) is 0 Å². The molecule has 0 aliphatic rings. The molecule has 1 aromatic rings. The second-order valence-electron chi connectivity index (χ2n) is 4.14. The second kappa shape index (κ2) is 3.77. The third-order valence-corrected chi connectivity index (χ3v) is 1.66. The number of carbonyl (C=O) groups is 1. The summed E-state index contributed by atoms with van der Waals surface area (Å²) in [6.07, 6.45) is 0.310. The van der Waals surface area contributed by atoms with Gasteiger partial charge in [-0.15, -0.1) is 10.2 Å². The van der Waals surface area contributed by atoms with Gasteiger partial charge in [-0.25, -0.2) is 0 Å². The standard InChI is InChI=1S/C9H14N2O3/c1-9(2,3)8-11-10-6(14-8)4-5-7(12)13/h4-5H2,1-3H3,(H,12,13). The average molecular weight is 198 g/mol. The van der Waals surface area contributed by atoms with Crippen molar-refractivity contribution in [3.8, 4) is 0 Å². The Labute approximate surface area is 82.1 Å². The van der Waals surface area contributed by atoms with Gasteiger partial charge in [0.1, 0.15) is 0 Å². The number of hydrogen-bond acceptors (Lipinski definition) is 4. The Morgan fingerprint density at radius 1 is 1.43 bits per heavy atom.